The number of terminal acetylenes is 1. The zero-order valence-electron chi connectivity index (χ0n) is 12.1. The zero-order valence-corrected chi connectivity index (χ0v) is 12.9. The molecular weight excluding hydrogens is 298 g/mol. The topological polar surface area (TPSA) is 63.2 Å². The maximum Gasteiger partial charge on any atom is 0.226 e. The molecule has 1 aliphatic heterocycles. The van der Waals surface area contributed by atoms with E-state index in [-0.39, 0.29) is 18.4 Å². The molecule has 1 aliphatic rings. The molecule has 6 heteroatoms. The Morgan fingerprint density at radius 3 is 3.23 bits per heavy atom. The van der Waals surface area contributed by atoms with E-state index in [9.17, 15) is 4.79 Å². The van der Waals surface area contributed by atoms with Crippen molar-refractivity contribution in [2.24, 2.45) is 0 Å². The van der Waals surface area contributed by atoms with Crippen LogP contribution in [0.5, 0.6) is 5.75 Å². The summed E-state index contributed by atoms with van der Waals surface area (Å²) in [5.74, 6) is 3.76. The number of hydrogen-bond acceptors (Lipinski definition) is 5. The van der Waals surface area contributed by atoms with Crippen LogP contribution in [-0.4, -0.2) is 24.5 Å². The summed E-state index contributed by atoms with van der Waals surface area (Å²) < 4.78 is 5.47. The molecular formula is C16H15N3O2S. The first-order valence-corrected chi connectivity index (χ1v) is 7.67. The first-order chi connectivity index (χ1) is 10.7. The normalized spacial score (nSPS) is 16.4. The summed E-state index contributed by atoms with van der Waals surface area (Å²) in [5, 5.41) is 6.63. The Morgan fingerprint density at radius 2 is 2.45 bits per heavy atom. The molecule has 2 N–H and O–H groups in total. The molecule has 1 amide bonds. The number of carbonyl (C=O) groups is 1. The highest BCUT2D eigenvalue weighted by atomic mass is 32.1. The SMILES string of the molecule is C#CCOc1cccc(C2CC(=O)Nc3nc(NC)sc32)c1. The predicted molar refractivity (Wildman–Crippen MR) is 87.5 cm³/mol. The summed E-state index contributed by atoms with van der Waals surface area (Å²) in [6, 6.07) is 7.70. The van der Waals surface area contributed by atoms with Crippen LogP contribution >= 0.6 is 11.3 Å². The van der Waals surface area contributed by atoms with E-state index in [1.54, 1.807) is 11.3 Å². The smallest absolute Gasteiger partial charge is 0.226 e. The lowest BCUT2D eigenvalue weighted by Crippen LogP contribution is -2.22. The molecule has 0 bridgehead atoms. The molecule has 0 saturated heterocycles. The second-order valence-corrected chi connectivity index (χ2v) is 5.88. The molecule has 0 radical (unpaired) electrons. The van der Waals surface area contributed by atoms with Gasteiger partial charge in [0.05, 0.1) is 4.88 Å². The number of ether oxygens (including phenoxy) is 1. The van der Waals surface area contributed by atoms with E-state index < -0.39 is 0 Å². The van der Waals surface area contributed by atoms with Crippen LogP contribution in [0.15, 0.2) is 24.3 Å². The predicted octanol–water partition coefficient (Wildman–Crippen LogP) is 2.67. The number of benzene rings is 1. The van der Waals surface area contributed by atoms with Crippen LogP contribution in [0.25, 0.3) is 0 Å². The van der Waals surface area contributed by atoms with Crippen LogP contribution in [0, 0.1) is 12.3 Å². The molecule has 3 rings (SSSR count). The van der Waals surface area contributed by atoms with Gasteiger partial charge in [-0.25, -0.2) is 4.98 Å². The van der Waals surface area contributed by atoms with Crippen LogP contribution in [0.4, 0.5) is 10.9 Å². The monoisotopic (exact) mass is 313 g/mol. The molecule has 2 heterocycles. The minimum atomic E-state index is -0.0274. The molecule has 1 aromatic carbocycles. The fraction of sp³-hybridized carbons (Fsp3) is 0.250. The standard InChI is InChI=1S/C16H15N3O2S/c1-3-7-21-11-6-4-5-10(8-11)12-9-13(20)18-15-14(12)22-16(17-2)19-15/h1,4-6,8,12H,7,9H2,2H3,(H,17,19)(H,18,20). The first kappa shape index (κ1) is 14.4. The lowest BCUT2D eigenvalue weighted by atomic mass is 9.91. The lowest BCUT2D eigenvalue weighted by molar-refractivity contribution is -0.116. The number of rotatable bonds is 4. The van der Waals surface area contributed by atoms with Crippen molar-refractivity contribution < 1.29 is 9.53 Å². The molecule has 2 aromatic rings. The number of amides is 1. The maximum atomic E-state index is 11.9. The van der Waals surface area contributed by atoms with Crippen molar-refractivity contribution in [2.45, 2.75) is 12.3 Å². The van der Waals surface area contributed by atoms with Crippen molar-refractivity contribution in [3.63, 3.8) is 0 Å². The Morgan fingerprint density at radius 1 is 1.59 bits per heavy atom. The minimum absolute atomic E-state index is 0.0160. The van der Waals surface area contributed by atoms with E-state index in [0.717, 1.165) is 15.6 Å². The summed E-state index contributed by atoms with van der Waals surface area (Å²) in [6.07, 6.45) is 5.61. The van der Waals surface area contributed by atoms with Gasteiger partial charge < -0.3 is 15.4 Å². The highest BCUT2D eigenvalue weighted by Gasteiger charge is 2.30. The third-order valence-corrected chi connectivity index (χ3v) is 4.60. The maximum absolute atomic E-state index is 11.9. The third-order valence-electron chi connectivity index (χ3n) is 3.41. The zero-order chi connectivity index (χ0) is 15.5. The third kappa shape index (κ3) is 2.76. The Kier molecular flexibility index (Phi) is 3.98. The van der Waals surface area contributed by atoms with E-state index in [2.05, 4.69) is 21.5 Å². The van der Waals surface area contributed by atoms with Crippen molar-refractivity contribution in [1.29, 1.82) is 0 Å². The van der Waals surface area contributed by atoms with Gasteiger partial charge >= 0.3 is 0 Å². The van der Waals surface area contributed by atoms with Crippen molar-refractivity contribution in [3.8, 4) is 18.1 Å². The van der Waals surface area contributed by atoms with Gasteiger partial charge in [0, 0.05) is 19.4 Å². The number of anilines is 2. The Balaban J connectivity index is 1.96. The molecule has 1 atom stereocenters. The van der Waals surface area contributed by atoms with Gasteiger partial charge in [-0.15, -0.1) is 6.42 Å². The van der Waals surface area contributed by atoms with Crippen LogP contribution in [0.1, 0.15) is 22.8 Å². The van der Waals surface area contributed by atoms with Crippen LogP contribution in [0.3, 0.4) is 0 Å². The average Bonchev–Trinajstić information content (AvgIpc) is 2.95. The second-order valence-electron chi connectivity index (χ2n) is 4.85. The molecule has 0 aliphatic carbocycles. The average molecular weight is 313 g/mol. The molecule has 0 saturated carbocycles. The number of hydrogen-bond donors (Lipinski definition) is 2. The Hall–Kier alpha value is -2.52. The summed E-state index contributed by atoms with van der Waals surface area (Å²) in [7, 11) is 1.81. The van der Waals surface area contributed by atoms with Crippen LogP contribution in [-0.2, 0) is 4.79 Å². The molecule has 22 heavy (non-hydrogen) atoms. The van der Waals surface area contributed by atoms with E-state index in [4.69, 9.17) is 11.2 Å². The number of nitrogens with zero attached hydrogens (tertiary/aromatic N) is 1. The molecule has 1 aromatic heterocycles. The lowest BCUT2D eigenvalue weighted by Gasteiger charge is -2.22. The van der Waals surface area contributed by atoms with Gasteiger partial charge in [0.2, 0.25) is 5.91 Å². The van der Waals surface area contributed by atoms with E-state index in [1.165, 1.54) is 0 Å². The quantitative estimate of drug-likeness (QED) is 0.852. The number of thiazole rings is 1. The van der Waals surface area contributed by atoms with Gasteiger partial charge in [0.25, 0.3) is 0 Å². The van der Waals surface area contributed by atoms with Crippen LogP contribution < -0.4 is 15.4 Å². The van der Waals surface area contributed by atoms with E-state index in [1.807, 2.05) is 31.3 Å². The molecule has 0 spiro atoms. The molecule has 1 unspecified atom stereocenters. The van der Waals surface area contributed by atoms with Gasteiger partial charge in [-0.3, -0.25) is 4.79 Å². The largest absolute Gasteiger partial charge is 0.481 e. The fourth-order valence-corrected chi connectivity index (χ4v) is 3.44. The van der Waals surface area contributed by atoms with Gasteiger partial charge in [-0.2, -0.15) is 0 Å². The molecule has 112 valence electrons. The second kappa shape index (κ2) is 6.08. The summed E-state index contributed by atoms with van der Waals surface area (Å²) in [4.78, 5) is 17.4. The number of fused-ring (bicyclic) bond motifs is 1. The van der Waals surface area contributed by atoms with E-state index in [0.29, 0.717) is 18.0 Å². The van der Waals surface area contributed by atoms with E-state index >= 15 is 0 Å². The van der Waals surface area contributed by atoms with Gasteiger partial charge in [-0.05, 0) is 17.7 Å². The van der Waals surface area contributed by atoms with Crippen LogP contribution in [0.2, 0.25) is 0 Å². The van der Waals surface area contributed by atoms with Crippen molar-refractivity contribution in [2.75, 3.05) is 24.3 Å². The summed E-state index contributed by atoms with van der Waals surface area (Å²) >= 11 is 1.55. The fourth-order valence-electron chi connectivity index (χ4n) is 2.44. The molecule has 5 nitrogen and oxygen atoms in total. The highest BCUT2D eigenvalue weighted by molar-refractivity contribution is 7.16. The van der Waals surface area contributed by atoms with Crippen molar-refractivity contribution in [3.05, 3.63) is 34.7 Å². The number of nitrogens with one attached hydrogen (secondary N) is 2. The Labute approximate surface area is 132 Å². The first-order valence-electron chi connectivity index (χ1n) is 6.86. The number of aromatic nitrogens is 1. The minimum Gasteiger partial charge on any atom is -0.481 e. The summed E-state index contributed by atoms with van der Waals surface area (Å²) in [5.41, 5.74) is 1.02. The molecule has 0 fully saturated rings. The van der Waals surface area contributed by atoms with Gasteiger partial charge in [0.1, 0.15) is 18.2 Å². The number of carbonyl (C=O) groups excluding carboxylic acids is 1. The van der Waals surface area contributed by atoms with Crippen molar-refractivity contribution in [1.82, 2.24) is 4.98 Å². The van der Waals surface area contributed by atoms with Gasteiger partial charge in [0.15, 0.2) is 5.13 Å². The van der Waals surface area contributed by atoms with Crippen molar-refractivity contribution >= 4 is 28.2 Å². The Bertz CT molecular complexity index is 748. The highest BCUT2D eigenvalue weighted by Crippen LogP contribution is 2.42. The van der Waals surface area contributed by atoms with Gasteiger partial charge in [-0.1, -0.05) is 29.4 Å². The summed E-state index contributed by atoms with van der Waals surface area (Å²) in [6.45, 7) is 0.227.